The molecule has 106 valence electrons. The molecular weight excluding hydrogens is 286 g/mol. The number of halogens is 3. The molecule has 0 radical (unpaired) electrons. The van der Waals surface area contributed by atoms with Crippen molar-refractivity contribution in [2.24, 2.45) is 0 Å². The molecule has 0 fully saturated rings. The molecule has 0 unspecified atom stereocenters. The molecule has 2 rings (SSSR count). The summed E-state index contributed by atoms with van der Waals surface area (Å²) < 4.78 is 32.3. The van der Waals surface area contributed by atoms with Gasteiger partial charge in [0.15, 0.2) is 0 Å². The predicted octanol–water partition coefficient (Wildman–Crippen LogP) is 4.25. The molecule has 2 aromatic rings. The molecule has 20 heavy (non-hydrogen) atoms. The lowest BCUT2D eigenvalue weighted by molar-refractivity contribution is 0.189. The summed E-state index contributed by atoms with van der Waals surface area (Å²) in [5, 5.41) is 9.60. The summed E-state index contributed by atoms with van der Waals surface area (Å²) in [6, 6.07) is 8.42. The minimum atomic E-state index is -0.884. The van der Waals surface area contributed by atoms with Crippen LogP contribution in [0.4, 0.5) is 8.78 Å². The summed E-state index contributed by atoms with van der Waals surface area (Å²) in [6.07, 6.45) is -0.884. The molecule has 0 bridgehead atoms. The fraction of sp³-hybridized carbons (Fsp3) is 0.200. The van der Waals surface area contributed by atoms with Crippen LogP contribution in [0, 0.1) is 11.6 Å². The maximum absolute atomic E-state index is 13.7. The molecule has 5 heteroatoms. The van der Waals surface area contributed by atoms with Gasteiger partial charge in [0.25, 0.3) is 0 Å². The molecule has 0 amide bonds. The molecule has 0 aromatic heterocycles. The highest BCUT2D eigenvalue weighted by Gasteiger charge is 2.12. The lowest BCUT2D eigenvalue weighted by Crippen LogP contribution is -2.03. The van der Waals surface area contributed by atoms with Gasteiger partial charge in [-0.25, -0.2) is 8.78 Å². The molecule has 0 saturated heterocycles. The fourth-order valence-corrected chi connectivity index (χ4v) is 1.99. The first-order valence-electron chi connectivity index (χ1n) is 6.02. The Morgan fingerprint density at radius 2 is 2.00 bits per heavy atom. The monoisotopic (exact) mass is 298 g/mol. The molecule has 1 N–H and O–H groups in total. The third-order valence-electron chi connectivity index (χ3n) is 2.84. The highest BCUT2D eigenvalue weighted by Crippen LogP contribution is 2.27. The second-order valence-corrected chi connectivity index (χ2v) is 4.77. The summed E-state index contributed by atoms with van der Waals surface area (Å²) in [7, 11) is 0. The smallest absolute Gasteiger partial charge is 0.148 e. The Morgan fingerprint density at radius 1 is 1.25 bits per heavy atom. The minimum absolute atomic E-state index is 0.0148. The molecule has 0 aliphatic carbocycles. The van der Waals surface area contributed by atoms with Gasteiger partial charge in [0, 0.05) is 11.1 Å². The van der Waals surface area contributed by atoms with Gasteiger partial charge < -0.3 is 9.84 Å². The van der Waals surface area contributed by atoms with Crippen LogP contribution in [0.2, 0.25) is 5.02 Å². The van der Waals surface area contributed by atoms with Gasteiger partial charge in [-0.15, -0.1) is 0 Å². The Hall–Kier alpha value is -1.65. The first-order valence-corrected chi connectivity index (χ1v) is 6.40. The first kappa shape index (κ1) is 14.8. The second-order valence-electron chi connectivity index (χ2n) is 4.36. The SMILES string of the molecule is C[C@H](O)c1cc(F)ccc1OCc1cccc(Cl)c1F. The Balaban J connectivity index is 2.21. The van der Waals surface area contributed by atoms with E-state index in [0.717, 1.165) is 0 Å². The average molecular weight is 299 g/mol. The van der Waals surface area contributed by atoms with Gasteiger partial charge in [-0.1, -0.05) is 23.7 Å². The van der Waals surface area contributed by atoms with E-state index in [-0.39, 0.29) is 11.6 Å². The topological polar surface area (TPSA) is 29.5 Å². The van der Waals surface area contributed by atoms with E-state index in [0.29, 0.717) is 16.9 Å². The quantitative estimate of drug-likeness (QED) is 0.914. The Bertz CT molecular complexity index is 615. The molecule has 1 atom stereocenters. The molecule has 0 spiro atoms. The molecule has 0 heterocycles. The van der Waals surface area contributed by atoms with Crippen molar-refractivity contribution < 1.29 is 18.6 Å². The highest BCUT2D eigenvalue weighted by atomic mass is 35.5. The number of aliphatic hydroxyl groups excluding tert-OH is 1. The van der Waals surface area contributed by atoms with Crippen LogP contribution in [-0.2, 0) is 6.61 Å². The molecule has 2 nitrogen and oxygen atoms in total. The zero-order valence-electron chi connectivity index (χ0n) is 10.7. The van der Waals surface area contributed by atoms with E-state index in [4.69, 9.17) is 16.3 Å². The number of ether oxygens (including phenoxy) is 1. The number of benzene rings is 2. The van der Waals surface area contributed by atoms with Gasteiger partial charge in [0.1, 0.15) is 24.0 Å². The molecule has 2 aromatic carbocycles. The highest BCUT2D eigenvalue weighted by molar-refractivity contribution is 6.30. The maximum atomic E-state index is 13.7. The normalized spacial score (nSPS) is 12.2. The summed E-state index contributed by atoms with van der Waals surface area (Å²) in [6.45, 7) is 1.44. The lowest BCUT2D eigenvalue weighted by atomic mass is 10.1. The van der Waals surface area contributed by atoms with Crippen LogP contribution in [0.3, 0.4) is 0 Å². The van der Waals surface area contributed by atoms with E-state index in [9.17, 15) is 13.9 Å². The van der Waals surface area contributed by atoms with Crippen LogP contribution >= 0.6 is 11.6 Å². The summed E-state index contributed by atoms with van der Waals surface area (Å²) >= 11 is 5.68. The Morgan fingerprint density at radius 3 is 2.70 bits per heavy atom. The Kier molecular flexibility index (Phi) is 4.57. The standard InChI is InChI=1S/C15H13ClF2O2/c1-9(19)12-7-11(17)5-6-14(12)20-8-10-3-2-4-13(16)15(10)18/h2-7,9,19H,8H2,1H3/t9-/m0/s1. The zero-order chi connectivity index (χ0) is 14.7. The maximum Gasteiger partial charge on any atom is 0.148 e. The van der Waals surface area contributed by atoms with Gasteiger partial charge in [-0.05, 0) is 31.2 Å². The molecular formula is C15H13ClF2O2. The van der Waals surface area contributed by atoms with Gasteiger partial charge in [-0.3, -0.25) is 0 Å². The van der Waals surface area contributed by atoms with Gasteiger partial charge in [0.2, 0.25) is 0 Å². The third-order valence-corrected chi connectivity index (χ3v) is 3.13. The van der Waals surface area contributed by atoms with Crippen LogP contribution in [0.5, 0.6) is 5.75 Å². The lowest BCUT2D eigenvalue weighted by Gasteiger charge is -2.14. The van der Waals surface area contributed by atoms with Crippen molar-refractivity contribution >= 4 is 11.6 Å². The number of rotatable bonds is 4. The van der Waals surface area contributed by atoms with Gasteiger partial charge in [-0.2, -0.15) is 0 Å². The minimum Gasteiger partial charge on any atom is -0.488 e. The van der Waals surface area contributed by atoms with Crippen molar-refractivity contribution in [2.45, 2.75) is 19.6 Å². The van der Waals surface area contributed by atoms with E-state index in [2.05, 4.69) is 0 Å². The van der Waals surface area contributed by atoms with Crippen molar-refractivity contribution in [1.29, 1.82) is 0 Å². The number of hydrogen-bond acceptors (Lipinski definition) is 2. The summed E-state index contributed by atoms with van der Waals surface area (Å²) in [5.74, 6) is -0.710. The van der Waals surface area contributed by atoms with E-state index in [1.165, 1.54) is 31.2 Å². The van der Waals surface area contributed by atoms with Crippen LogP contribution < -0.4 is 4.74 Å². The fourth-order valence-electron chi connectivity index (χ4n) is 1.79. The van der Waals surface area contributed by atoms with Crippen LogP contribution in [0.1, 0.15) is 24.2 Å². The summed E-state index contributed by atoms with van der Waals surface area (Å²) in [4.78, 5) is 0. The average Bonchev–Trinajstić information content (AvgIpc) is 2.41. The first-order chi connectivity index (χ1) is 9.49. The van der Waals surface area contributed by atoms with Crippen molar-refractivity contribution in [3.63, 3.8) is 0 Å². The summed E-state index contributed by atoms with van der Waals surface area (Å²) in [5.41, 5.74) is 0.603. The molecule has 0 saturated carbocycles. The number of aliphatic hydroxyl groups is 1. The second kappa shape index (κ2) is 6.20. The molecule has 0 aliphatic heterocycles. The van der Waals surface area contributed by atoms with E-state index in [1.54, 1.807) is 12.1 Å². The van der Waals surface area contributed by atoms with Gasteiger partial charge in [0.05, 0.1) is 11.1 Å². The van der Waals surface area contributed by atoms with Gasteiger partial charge >= 0.3 is 0 Å². The van der Waals surface area contributed by atoms with Crippen molar-refractivity contribution in [3.05, 3.63) is 64.2 Å². The van der Waals surface area contributed by atoms with Crippen molar-refractivity contribution in [2.75, 3.05) is 0 Å². The van der Waals surface area contributed by atoms with Crippen molar-refractivity contribution in [1.82, 2.24) is 0 Å². The van der Waals surface area contributed by atoms with Crippen LogP contribution in [0.25, 0.3) is 0 Å². The number of hydrogen-bond donors (Lipinski definition) is 1. The van der Waals surface area contributed by atoms with Crippen molar-refractivity contribution in [3.8, 4) is 5.75 Å². The predicted molar refractivity (Wildman–Crippen MR) is 72.8 cm³/mol. The van der Waals surface area contributed by atoms with Crippen LogP contribution in [0.15, 0.2) is 36.4 Å². The van der Waals surface area contributed by atoms with Crippen LogP contribution in [-0.4, -0.2) is 5.11 Å². The van der Waals surface area contributed by atoms with E-state index in [1.807, 2.05) is 0 Å². The zero-order valence-corrected chi connectivity index (χ0v) is 11.5. The third kappa shape index (κ3) is 3.26. The van der Waals surface area contributed by atoms with E-state index < -0.39 is 17.7 Å². The Labute approximate surface area is 120 Å². The van der Waals surface area contributed by atoms with E-state index >= 15 is 0 Å². The molecule has 0 aliphatic rings. The largest absolute Gasteiger partial charge is 0.488 e.